The minimum Gasteiger partial charge on any atom is -0.380 e. The van der Waals surface area contributed by atoms with Gasteiger partial charge in [0.1, 0.15) is 0 Å². The minimum absolute atomic E-state index is 0.127. The molecule has 146 valence electrons. The summed E-state index contributed by atoms with van der Waals surface area (Å²) in [7, 11) is -1.86. The molecule has 2 rings (SSSR count). The van der Waals surface area contributed by atoms with Crippen molar-refractivity contribution in [3.05, 3.63) is 70.8 Å². The summed E-state index contributed by atoms with van der Waals surface area (Å²) in [5.41, 5.74) is 2.78. The fourth-order valence-corrected chi connectivity index (χ4v) is 4.26. The van der Waals surface area contributed by atoms with Crippen molar-refractivity contribution in [1.29, 1.82) is 0 Å². The van der Waals surface area contributed by atoms with E-state index in [-0.39, 0.29) is 24.2 Å². The van der Waals surface area contributed by atoms with Crippen LogP contribution in [0.5, 0.6) is 0 Å². The second-order valence-electron chi connectivity index (χ2n) is 6.57. The Morgan fingerprint density at radius 2 is 1.59 bits per heavy atom. The Labute approximate surface area is 161 Å². The molecule has 0 fully saturated rings. The second kappa shape index (κ2) is 9.64. The van der Waals surface area contributed by atoms with Crippen LogP contribution in [0.15, 0.2) is 48.5 Å². The van der Waals surface area contributed by atoms with Gasteiger partial charge in [0, 0.05) is 25.3 Å². The van der Waals surface area contributed by atoms with Crippen LogP contribution in [0.25, 0.3) is 0 Å². The second-order valence-corrected chi connectivity index (χ2v) is 8.33. The third-order valence-corrected chi connectivity index (χ3v) is 5.40. The summed E-state index contributed by atoms with van der Waals surface area (Å²) in [6, 6.07) is 14.3. The van der Waals surface area contributed by atoms with Gasteiger partial charge >= 0.3 is 0 Å². The third-order valence-electron chi connectivity index (χ3n) is 3.88. The molecule has 0 saturated heterocycles. The van der Waals surface area contributed by atoms with Crippen molar-refractivity contribution in [1.82, 2.24) is 10.0 Å². The van der Waals surface area contributed by atoms with Crippen LogP contribution < -0.4 is 10.0 Å². The van der Waals surface area contributed by atoms with Crippen LogP contribution in [-0.4, -0.2) is 27.5 Å². The number of carbonyl (C=O) groups excluding carboxylic acids is 1. The maximum absolute atomic E-state index is 12.6. The Morgan fingerprint density at radius 3 is 2.22 bits per heavy atom. The van der Waals surface area contributed by atoms with Gasteiger partial charge in [-0.05, 0) is 36.6 Å². The number of sulfonamides is 1. The van der Waals surface area contributed by atoms with Crippen molar-refractivity contribution < 1.29 is 17.9 Å². The predicted molar refractivity (Wildman–Crippen MR) is 106 cm³/mol. The fraction of sp³-hybridized carbons (Fsp3) is 0.350. The van der Waals surface area contributed by atoms with Gasteiger partial charge in [-0.25, -0.2) is 13.1 Å². The number of carbonyl (C=O) groups is 1. The highest BCUT2D eigenvalue weighted by Crippen LogP contribution is 2.14. The zero-order chi connectivity index (χ0) is 19.9. The number of rotatable bonds is 9. The first-order valence-corrected chi connectivity index (χ1v) is 10.4. The lowest BCUT2D eigenvalue weighted by atomic mass is 10.1. The SMILES string of the molecule is COCc1ccccc1C(=O)NCc1ccccc1CS(=O)(=O)NC(C)C. The zero-order valence-corrected chi connectivity index (χ0v) is 16.7. The van der Waals surface area contributed by atoms with Crippen molar-refractivity contribution in [2.45, 2.75) is 38.8 Å². The van der Waals surface area contributed by atoms with Crippen LogP contribution in [0, 0.1) is 0 Å². The summed E-state index contributed by atoms with van der Waals surface area (Å²) in [6.07, 6.45) is 0. The summed E-state index contributed by atoms with van der Waals surface area (Å²) in [4.78, 5) is 12.6. The van der Waals surface area contributed by atoms with Gasteiger partial charge in [-0.3, -0.25) is 4.79 Å². The molecule has 6 nitrogen and oxygen atoms in total. The lowest BCUT2D eigenvalue weighted by molar-refractivity contribution is 0.0946. The molecule has 0 atom stereocenters. The summed E-state index contributed by atoms with van der Waals surface area (Å²) in [5, 5.41) is 2.87. The van der Waals surface area contributed by atoms with E-state index in [1.54, 1.807) is 45.2 Å². The largest absolute Gasteiger partial charge is 0.380 e. The molecule has 0 aliphatic heterocycles. The van der Waals surface area contributed by atoms with E-state index in [0.717, 1.165) is 11.1 Å². The Hall–Kier alpha value is -2.22. The van der Waals surface area contributed by atoms with Crippen LogP contribution in [0.2, 0.25) is 0 Å². The standard InChI is InChI=1S/C20H26N2O4S/c1-15(2)22-27(24,25)14-18-10-5-4-8-16(18)12-21-20(23)19-11-7-6-9-17(19)13-26-3/h4-11,15,22H,12-14H2,1-3H3,(H,21,23). The molecule has 0 aliphatic rings. The van der Waals surface area contributed by atoms with Crippen molar-refractivity contribution in [2.75, 3.05) is 7.11 Å². The fourth-order valence-electron chi connectivity index (χ4n) is 2.77. The molecule has 0 radical (unpaired) electrons. The predicted octanol–water partition coefficient (Wildman–Crippen LogP) is 2.59. The number of hydrogen-bond donors (Lipinski definition) is 2. The first-order chi connectivity index (χ1) is 12.8. The number of benzene rings is 2. The van der Waals surface area contributed by atoms with E-state index >= 15 is 0 Å². The van der Waals surface area contributed by atoms with Gasteiger partial charge in [0.25, 0.3) is 5.91 Å². The molecule has 7 heteroatoms. The summed E-state index contributed by atoms with van der Waals surface area (Å²) in [6.45, 7) is 4.15. The molecule has 27 heavy (non-hydrogen) atoms. The van der Waals surface area contributed by atoms with Crippen LogP contribution in [-0.2, 0) is 33.7 Å². The Kier molecular flexibility index (Phi) is 7.53. The smallest absolute Gasteiger partial charge is 0.251 e. The van der Waals surface area contributed by atoms with Gasteiger partial charge in [-0.15, -0.1) is 0 Å². The van der Waals surface area contributed by atoms with Crippen LogP contribution in [0.3, 0.4) is 0 Å². The zero-order valence-electron chi connectivity index (χ0n) is 15.9. The maximum Gasteiger partial charge on any atom is 0.251 e. The van der Waals surface area contributed by atoms with Gasteiger partial charge in [0.05, 0.1) is 12.4 Å². The molecular formula is C20H26N2O4S. The van der Waals surface area contributed by atoms with Crippen LogP contribution >= 0.6 is 0 Å². The maximum atomic E-state index is 12.6. The van der Waals surface area contributed by atoms with Gasteiger partial charge in [0.15, 0.2) is 0 Å². The topological polar surface area (TPSA) is 84.5 Å². The molecule has 0 heterocycles. The average molecular weight is 391 g/mol. The highest BCUT2D eigenvalue weighted by Gasteiger charge is 2.16. The molecule has 2 aromatic rings. The molecule has 0 unspecified atom stereocenters. The quantitative estimate of drug-likeness (QED) is 0.689. The van der Waals surface area contributed by atoms with E-state index in [9.17, 15) is 13.2 Å². The van der Waals surface area contributed by atoms with E-state index < -0.39 is 10.0 Å². The Bertz CT molecular complexity index is 879. The number of methoxy groups -OCH3 is 1. The first kappa shape index (κ1) is 21.1. The van der Waals surface area contributed by atoms with E-state index in [0.29, 0.717) is 17.7 Å². The van der Waals surface area contributed by atoms with E-state index in [1.165, 1.54) is 0 Å². The van der Waals surface area contributed by atoms with Crippen LogP contribution in [0.4, 0.5) is 0 Å². The van der Waals surface area contributed by atoms with Crippen molar-refractivity contribution >= 4 is 15.9 Å². The minimum atomic E-state index is -3.44. The molecule has 0 bridgehead atoms. The number of hydrogen-bond acceptors (Lipinski definition) is 4. The molecule has 0 aliphatic carbocycles. The number of ether oxygens (including phenoxy) is 1. The molecule has 0 aromatic heterocycles. The first-order valence-electron chi connectivity index (χ1n) is 8.74. The average Bonchev–Trinajstić information content (AvgIpc) is 2.60. The van der Waals surface area contributed by atoms with E-state index in [1.807, 2.05) is 24.3 Å². The van der Waals surface area contributed by atoms with Gasteiger partial charge in [0.2, 0.25) is 10.0 Å². The highest BCUT2D eigenvalue weighted by molar-refractivity contribution is 7.88. The molecule has 0 saturated carbocycles. The summed E-state index contributed by atoms with van der Waals surface area (Å²) < 4.78 is 32.2. The Morgan fingerprint density at radius 1 is 1.00 bits per heavy atom. The number of amides is 1. The summed E-state index contributed by atoms with van der Waals surface area (Å²) >= 11 is 0. The molecule has 1 amide bonds. The third kappa shape index (κ3) is 6.46. The van der Waals surface area contributed by atoms with Gasteiger partial charge in [-0.1, -0.05) is 42.5 Å². The van der Waals surface area contributed by atoms with Gasteiger partial charge < -0.3 is 10.1 Å². The van der Waals surface area contributed by atoms with Crippen molar-refractivity contribution in [2.24, 2.45) is 0 Å². The number of nitrogens with one attached hydrogen (secondary N) is 2. The van der Waals surface area contributed by atoms with Crippen molar-refractivity contribution in [3.8, 4) is 0 Å². The Balaban J connectivity index is 2.12. The lowest BCUT2D eigenvalue weighted by Crippen LogP contribution is -2.32. The monoisotopic (exact) mass is 390 g/mol. The summed E-state index contributed by atoms with van der Waals surface area (Å²) in [5.74, 6) is -0.349. The molecular weight excluding hydrogens is 364 g/mol. The molecule has 2 aromatic carbocycles. The van der Waals surface area contributed by atoms with E-state index in [4.69, 9.17) is 4.74 Å². The lowest BCUT2D eigenvalue weighted by Gasteiger charge is -2.14. The molecule has 0 spiro atoms. The van der Waals surface area contributed by atoms with Crippen LogP contribution in [0.1, 0.15) is 40.9 Å². The highest BCUT2D eigenvalue weighted by atomic mass is 32.2. The normalized spacial score (nSPS) is 11.6. The van der Waals surface area contributed by atoms with E-state index in [2.05, 4.69) is 10.0 Å². The van der Waals surface area contributed by atoms with Gasteiger partial charge in [-0.2, -0.15) is 0 Å². The van der Waals surface area contributed by atoms with Crippen molar-refractivity contribution in [3.63, 3.8) is 0 Å². The molecule has 2 N–H and O–H groups in total.